The molecule has 10 fully saturated rings. The standard InChI is InChI=1S/C66H106O32/c1-24-34(70)38(74)45(81)54(87-24)93-48-26(3)89-56(47(83)44(48)80)96-51-41(77)37(73)30(22-68)91-58(51)98-60(86)66-18-16-61(4,5)20-28(66)27-10-11-32-62(6)14-13-33(63(7,23-69)31(62)12-15-65(32,9)64(27,8)17-19-66)92-59-52(43(79)42(78)49(94-59)53(84)85)97-57-50(40(76)36(72)29(21-67)90-57)95-55-46(82)39(75)35(71)25(2)88-55/h10,24-26,28-52,54-59,67-83H,11-23H2,1-9H3,(H,84,85)/t24-,25-,26-,28-,29+,30+,31+,32+,33-,34-,35-,36-,37+,38+,39+,40-,41-,42-,43-,44-,45+,46+,47+,48-,49-,50+,51+,52+,54-,55-,56-,57-,58-,59+,62-,63+,64+,65+,66-/m0/s1. The molecule has 562 valence electrons. The van der Waals surface area contributed by atoms with Crippen LogP contribution in [0.2, 0.25) is 0 Å². The van der Waals surface area contributed by atoms with E-state index in [1.807, 2.05) is 6.92 Å². The number of esters is 1. The van der Waals surface area contributed by atoms with E-state index in [1.165, 1.54) is 20.8 Å². The molecular formula is C66H106O32. The molecule has 5 aliphatic carbocycles. The van der Waals surface area contributed by atoms with Crippen LogP contribution in [0.4, 0.5) is 0 Å². The Morgan fingerprint density at radius 3 is 1.48 bits per heavy atom. The Morgan fingerprint density at radius 2 is 0.939 bits per heavy atom. The van der Waals surface area contributed by atoms with Crippen molar-refractivity contribution in [1.82, 2.24) is 0 Å². The fourth-order valence-electron chi connectivity index (χ4n) is 19.3. The molecule has 0 bridgehead atoms. The molecule has 32 nitrogen and oxygen atoms in total. The van der Waals surface area contributed by atoms with Gasteiger partial charge < -0.3 is 149 Å². The topological polar surface area (TPSA) is 509 Å². The molecule has 6 saturated heterocycles. The Kier molecular flexibility index (Phi) is 22.3. The van der Waals surface area contributed by atoms with Crippen molar-refractivity contribution in [2.24, 2.45) is 50.2 Å². The summed E-state index contributed by atoms with van der Waals surface area (Å²) < 4.78 is 72.4. The second-order valence-corrected chi connectivity index (χ2v) is 31.7. The Bertz CT molecular complexity index is 2820. The normalized spacial score (nSPS) is 55.0. The van der Waals surface area contributed by atoms with Crippen molar-refractivity contribution in [1.29, 1.82) is 0 Å². The van der Waals surface area contributed by atoms with E-state index in [-0.39, 0.29) is 23.7 Å². The lowest BCUT2D eigenvalue weighted by molar-refractivity contribution is -0.396. The van der Waals surface area contributed by atoms with Crippen molar-refractivity contribution in [3.05, 3.63) is 11.6 Å². The number of aliphatic hydroxyl groups is 17. The number of hydrogen-bond acceptors (Lipinski definition) is 31. The Labute approximate surface area is 567 Å². The van der Waals surface area contributed by atoms with Crippen LogP contribution in [0.1, 0.15) is 127 Å². The van der Waals surface area contributed by atoms with E-state index in [0.717, 1.165) is 5.57 Å². The fourth-order valence-corrected chi connectivity index (χ4v) is 19.3. The average Bonchev–Trinajstić information content (AvgIpc) is 0.675. The quantitative estimate of drug-likeness (QED) is 0.0395. The highest BCUT2D eigenvalue weighted by Gasteiger charge is 2.71. The molecule has 11 rings (SSSR count). The zero-order valence-corrected chi connectivity index (χ0v) is 56.7. The largest absolute Gasteiger partial charge is 0.479 e. The predicted molar refractivity (Wildman–Crippen MR) is 326 cm³/mol. The van der Waals surface area contributed by atoms with Crippen molar-refractivity contribution in [2.75, 3.05) is 19.8 Å². The van der Waals surface area contributed by atoms with Gasteiger partial charge in [-0.1, -0.05) is 53.2 Å². The number of carbonyl (C=O) groups excluding carboxylic acids is 1. The minimum absolute atomic E-state index is 0.0449. The molecule has 0 spiro atoms. The average molecular weight is 1410 g/mol. The molecule has 32 heteroatoms. The van der Waals surface area contributed by atoms with Gasteiger partial charge in [-0.05, 0) is 124 Å². The number of carboxylic acid groups (broad SMARTS) is 1. The van der Waals surface area contributed by atoms with Crippen LogP contribution in [0.5, 0.6) is 0 Å². The molecule has 0 aromatic heterocycles. The van der Waals surface area contributed by atoms with Crippen LogP contribution < -0.4 is 0 Å². The van der Waals surface area contributed by atoms with Gasteiger partial charge in [-0.25, -0.2) is 4.79 Å². The van der Waals surface area contributed by atoms with Gasteiger partial charge in [0.05, 0.1) is 49.7 Å². The first-order chi connectivity index (χ1) is 45.9. The molecule has 4 saturated carbocycles. The summed E-state index contributed by atoms with van der Waals surface area (Å²) >= 11 is 0. The number of allylic oxidation sites excluding steroid dienone is 2. The Balaban J connectivity index is 0.831. The van der Waals surface area contributed by atoms with Crippen LogP contribution in [-0.2, 0) is 66.4 Å². The highest BCUT2D eigenvalue weighted by molar-refractivity contribution is 5.79. The number of rotatable bonds is 16. The maximum Gasteiger partial charge on any atom is 0.335 e. The van der Waals surface area contributed by atoms with E-state index in [0.29, 0.717) is 57.8 Å². The SMILES string of the molecule is C[C@@H]1O[C@@H](O[C@@H]2[C@@H](O)[C@@H](O)[C@H](O[C@H]3[C@H](OC(=O)[C@]45CCC(C)(C)C[C@H]4C4=CC[C@@H]6[C@@]7(C)CC[C@H](O[C@@H]8O[C@H](C(=O)O)[C@@H](O)[C@H](O)[C@H]8O[C@@H]8O[C@H](CO)[C@H](O)[C@H](O)[C@H]8O[C@@H]8O[C@@H](C)[C@H](O)[C@@H](O)[C@H]8O)[C@](C)(CO)[C@@H]7CC[C@@]6(C)[C@]4(C)CC5)O[C@H](CO)[C@@H](O)[C@@H]3O)O[C@H]2C)[C@H](O)[C@H](O)[C@H]1O. The molecule has 0 amide bonds. The van der Waals surface area contributed by atoms with Crippen LogP contribution in [0, 0.1) is 50.2 Å². The van der Waals surface area contributed by atoms with Crippen molar-refractivity contribution in [3.8, 4) is 0 Å². The van der Waals surface area contributed by atoms with Crippen molar-refractivity contribution in [3.63, 3.8) is 0 Å². The molecule has 0 radical (unpaired) electrons. The van der Waals surface area contributed by atoms with Crippen LogP contribution in [0.3, 0.4) is 0 Å². The third-order valence-corrected chi connectivity index (χ3v) is 25.6. The van der Waals surface area contributed by atoms with Crippen LogP contribution in [-0.4, -0.2) is 314 Å². The van der Waals surface area contributed by atoms with E-state index in [9.17, 15) is 96.7 Å². The molecule has 98 heavy (non-hydrogen) atoms. The number of aliphatic carboxylic acids is 1. The van der Waals surface area contributed by atoms with Crippen LogP contribution in [0.15, 0.2) is 11.6 Å². The van der Waals surface area contributed by atoms with Crippen molar-refractivity contribution in [2.45, 2.75) is 317 Å². The molecular weight excluding hydrogens is 1300 g/mol. The summed E-state index contributed by atoms with van der Waals surface area (Å²) in [5.41, 5.74) is -2.99. The maximum absolute atomic E-state index is 15.6. The number of fused-ring (bicyclic) bond motifs is 7. The monoisotopic (exact) mass is 1410 g/mol. The van der Waals surface area contributed by atoms with Crippen LogP contribution >= 0.6 is 0 Å². The molecule has 11 aliphatic rings. The van der Waals surface area contributed by atoms with Gasteiger partial charge in [-0.3, -0.25) is 4.79 Å². The number of carboxylic acids is 1. The first-order valence-corrected chi connectivity index (χ1v) is 34.6. The van der Waals surface area contributed by atoms with Gasteiger partial charge in [-0.15, -0.1) is 0 Å². The van der Waals surface area contributed by atoms with Gasteiger partial charge in [0.25, 0.3) is 0 Å². The van der Waals surface area contributed by atoms with Gasteiger partial charge in [0.15, 0.2) is 43.7 Å². The third-order valence-electron chi connectivity index (χ3n) is 25.6. The zero-order valence-electron chi connectivity index (χ0n) is 56.7. The van der Waals surface area contributed by atoms with Crippen LogP contribution in [0.25, 0.3) is 0 Å². The lowest BCUT2D eigenvalue weighted by Gasteiger charge is -2.71. The molecule has 39 atom stereocenters. The zero-order chi connectivity index (χ0) is 71.7. The van der Waals surface area contributed by atoms with E-state index in [2.05, 4.69) is 40.7 Å². The molecule has 6 aliphatic heterocycles. The number of carbonyl (C=O) groups is 2. The lowest BCUT2D eigenvalue weighted by atomic mass is 9.33. The number of aliphatic hydroxyl groups excluding tert-OH is 17. The van der Waals surface area contributed by atoms with E-state index >= 15 is 4.79 Å². The Morgan fingerprint density at radius 1 is 0.469 bits per heavy atom. The highest BCUT2D eigenvalue weighted by atomic mass is 16.8. The van der Waals surface area contributed by atoms with Crippen molar-refractivity contribution < 1.29 is 158 Å². The number of hydrogen-bond donors (Lipinski definition) is 18. The fraction of sp³-hybridized carbons (Fsp3) is 0.939. The minimum Gasteiger partial charge on any atom is -0.479 e. The molecule has 0 aromatic rings. The third kappa shape index (κ3) is 12.9. The summed E-state index contributed by atoms with van der Waals surface area (Å²) in [6.07, 6.45) is -45.8. The predicted octanol–water partition coefficient (Wildman–Crippen LogP) is -4.24. The van der Waals surface area contributed by atoms with E-state index in [1.54, 1.807) is 0 Å². The van der Waals surface area contributed by atoms with Gasteiger partial charge in [0.2, 0.25) is 6.29 Å². The highest BCUT2D eigenvalue weighted by Crippen LogP contribution is 2.76. The molecule has 0 unspecified atom stereocenters. The number of ether oxygens (including phenoxy) is 12. The molecule has 0 aromatic carbocycles. The second-order valence-electron chi connectivity index (χ2n) is 31.7. The summed E-state index contributed by atoms with van der Waals surface area (Å²) in [6, 6.07) is 0. The first-order valence-electron chi connectivity index (χ1n) is 34.6. The smallest absolute Gasteiger partial charge is 0.335 e. The van der Waals surface area contributed by atoms with E-state index in [4.69, 9.17) is 56.8 Å². The summed E-state index contributed by atoms with van der Waals surface area (Å²) in [7, 11) is 0. The lowest BCUT2D eigenvalue weighted by Crippen LogP contribution is -2.68. The first kappa shape index (κ1) is 76.7. The minimum atomic E-state index is -2.17. The van der Waals surface area contributed by atoms with Gasteiger partial charge in [0.1, 0.15) is 116 Å². The molecule has 18 N–H and O–H groups in total. The summed E-state index contributed by atoms with van der Waals surface area (Å²) in [5.74, 6) is -3.09. The second kappa shape index (κ2) is 28.5. The van der Waals surface area contributed by atoms with Gasteiger partial charge in [-0.2, -0.15) is 0 Å². The summed E-state index contributed by atoms with van der Waals surface area (Å²) in [4.78, 5) is 28.3. The summed E-state index contributed by atoms with van der Waals surface area (Å²) in [5, 5.41) is 197. The van der Waals surface area contributed by atoms with Gasteiger partial charge >= 0.3 is 11.9 Å². The summed E-state index contributed by atoms with van der Waals surface area (Å²) in [6.45, 7) is 15.0. The van der Waals surface area contributed by atoms with Crippen molar-refractivity contribution >= 4 is 11.9 Å². The van der Waals surface area contributed by atoms with Gasteiger partial charge in [0, 0.05) is 5.41 Å². The Hall–Kier alpha value is -2.44. The maximum atomic E-state index is 15.6. The van der Waals surface area contributed by atoms with E-state index < -0.39 is 255 Å². The molecule has 6 heterocycles.